The first-order valence-corrected chi connectivity index (χ1v) is 5.61. The van der Waals surface area contributed by atoms with Crippen LogP contribution in [0.4, 0.5) is 14.5 Å². The molecule has 0 aromatic heterocycles. The number of nitrogens with one attached hydrogen (secondary N) is 1. The fourth-order valence-corrected chi connectivity index (χ4v) is 1.87. The van der Waals surface area contributed by atoms with Crippen molar-refractivity contribution in [1.29, 1.82) is 0 Å². The van der Waals surface area contributed by atoms with Gasteiger partial charge in [-0.1, -0.05) is 24.3 Å². The molecule has 0 aliphatic heterocycles. The number of hydrogen-bond donors (Lipinski definition) is 2. The maximum Gasteiger partial charge on any atom is 0.150 e. The fraction of sp³-hybridized carbons (Fsp3) is 0.143. The minimum absolute atomic E-state index is 0.241. The lowest BCUT2D eigenvalue weighted by Crippen LogP contribution is -2.10. The summed E-state index contributed by atoms with van der Waals surface area (Å²) in [6, 6.07) is 9.80. The van der Waals surface area contributed by atoms with Crippen molar-refractivity contribution in [3.8, 4) is 0 Å². The third-order valence-corrected chi connectivity index (χ3v) is 2.99. The third-order valence-electron chi connectivity index (χ3n) is 2.99. The lowest BCUT2D eigenvalue weighted by atomic mass is 9.99. The summed E-state index contributed by atoms with van der Waals surface area (Å²) in [4.78, 5) is 0. The summed E-state index contributed by atoms with van der Waals surface area (Å²) in [5.74, 6) is 4.52. The molecule has 18 heavy (non-hydrogen) atoms. The van der Waals surface area contributed by atoms with E-state index in [1.54, 1.807) is 37.3 Å². The van der Waals surface area contributed by atoms with E-state index in [0.29, 0.717) is 17.5 Å². The van der Waals surface area contributed by atoms with Gasteiger partial charge in [0.15, 0.2) is 5.82 Å². The van der Waals surface area contributed by atoms with Gasteiger partial charge in [0.05, 0.1) is 5.69 Å². The van der Waals surface area contributed by atoms with E-state index in [1.165, 1.54) is 6.07 Å². The maximum atomic E-state index is 13.8. The molecule has 0 bridgehead atoms. The topological polar surface area (TPSA) is 38.0 Å². The number of hydrazine groups is 1. The molecule has 4 heteroatoms. The quantitative estimate of drug-likeness (QED) is 0.647. The second kappa shape index (κ2) is 5.14. The molecule has 0 fully saturated rings. The molecule has 2 aromatic rings. The second-order valence-corrected chi connectivity index (χ2v) is 4.12. The Hall–Kier alpha value is -1.94. The number of nitrogens with two attached hydrogens (primary N) is 1. The first-order valence-electron chi connectivity index (χ1n) is 5.61. The van der Waals surface area contributed by atoms with Gasteiger partial charge in [-0.15, -0.1) is 0 Å². The first-order chi connectivity index (χ1) is 8.63. The van der Waals surface area contributed by atoms with Crippen LogP contribution in [0, 0.1) is 18.6 Å². The predicted molar refractivity (Wildman–Crippen MR) is 68.2 cm³/mol. The summed E-state index contributed by atoms with van der Waals surface area (Å²) >= 11 is 0. The van der Waals surface area contributed by atoms with Gasteiger partial charge in [-0.3, -0.25) is 5.84 Å². The number of anilines is 1. The zero-order chi connectivity index (χ0) is 13.1. The van der Waals surface area contributed by atoms with Crippen LogP contribution in [-0.2, 0) is 6.42 Å². The molecule has 0 atom stereocenters. The molecular formula is C14H14F2N2. The largest absolute Gasteiger partial charge is 0.321 e. The standard InChI is InChI=1S/C14H14F2N2/c1-9-10(6-7-13(18-17)14(9)16)8-11-4-2-3-5-12(11)15/h2-7,18H,8,17H2,1H3. The molecule has 2 rings (SSSR count). The van der Waals surface area contributed by atoms with Crippen molar-refractivity contribution in [1.82, 2.24) is 0 Å². The summed E-state index contributed by atoms with van der Waals surface area (Å²) in [7, 11) is 0. The Morgan fingerprint density at radius 1 is 1.06 bits per heavy atom. The third kappa shape index (κ3) is 2.33. The normalized spacial score (nSPS) is 10.4. The van der Waals surface area contributed by atoms with E-state index in [4.69, 9.17) is 5.84 Å². The van der Waals surface area contributed by atoms with Crippen LogP contribution in [0.3, 0.4) is 0 Å². The molecule has 0 radical (unpaired) electrons. The van der Waals surface area contributed by atoms with Crippen molar-refractivity contribution in [2.24, 2.45) is 5.84 Å². The van der Waals surface area contributed by atoms with Gasteiger partial charge < -0.3 is 5.43 Å². The highest BCUT2D eigenvalue weighted by Gasteiger charge is 2.10. The minimum Gasteiger partial charge on any atom is -0.321 e. The molecule has 0 unspecified atom stereocenters. The van der Waals surface area contributed by atoms with Crippen molar-refractivity contribution < 1.29 is 8.78 Å². The van der Waals surface area contributed by atoms with Crippen molar-refractivity contribution in [3.05, 3.63) is 64.7 Å². The van der Waals surface area contributed by atoms with E-state index < -0.39 is 5.82 Å². The molecule has 0 spiro atoms. The van der Waals surface area contributed by atoms with Gasteiger partial charge in [0, 0.05) is 6.42 Å². The molecule has 2 nitrogen and oxygen atoms in total. The lowest BCUT2D eigenvalue weighted by molar-refractivity contribution is 0.609. The van der Waals surface area contributed by atoms with E-state index >= 15 is 0 Å². The second-order valence-electron chi connectivity index (χ2n) is 4.12. The maximum absolute atomic E-state index is 13.8. The molecule has 0 saturated carbocycles. The van der Waals surface area contributed by atoms with Crippen molar-refractivity contribution in [2.45, 2.75) is 13.3 Å². The van der Waals surface area contributed by atoms with Crippen LogP contribution in [0.15, 0.2) is 36.4 Å². The van der Waals surface area contributed by atoms with Crippen molar-refractivity contribution in [2.75, 3.05) is 5.43 Å². The van der Waals surface area contributed by atoms with Crippen LogP contribution in [0.2, 0.25) is 0 Å². The minimum atomic E-state index is -0.397. The van der Waals surface area contributed by atoms with Crippen molar-refractivity contribution >= 4 is 5.69 Å². The molecular weight excluding hydrogens is 234 g/mol. The Morgan fingerprint density at radius 2 is 1.78 bits per heavy atom. The van der Waals surface area contributed by atoms with Crippen LogP contribution in [0.1, 0.15) is 16.7 Å². The summed E-state index contributed by atoms with van der Waals surface area (Å²) < 4.78 is 27.4. The Bertz CT molecular complexity index is 568. The monoisotopic (exact) mass is 248 g/mol. The Morgan fingerprint density at radius 3 is 2.44 bits per heavy atom. The van der Waals surface area contributed by atoms with E-state index in [-0.39, 0.29) is 11.5 Å². The summed E-state index contributed by atoms with van der Waals surface area (Å²) in [6.45, 7) is 1.66. The van der Waals surface area contributed by atoms with E-state index in [2.05, 4.69) is 5.43 Å². The molecule has 3 N–H and O–H groups in total. The Kier molecular flexibility index (Phi) is 3.58. The van der Waals surface area contributed by atoms with E-state index in [0.717, 1.165) is 5.56 Å². The highest BCUT2D eigenvalue weighted by molar-refractivity contribution is 5.50. The molecule has 0 heterocycles. The summed E-state index contributed by atoms with van der Waals surface area (Å²) in [5.41, 5.74) is 4.31. The van der Waals surface area contributed by atoms with Crippen molar-refractivity contribution in [3.63, 3.8) is 0 Å². The van der Waals surface area contributed by atoms with Crippen LogP contribution >= 0.6 is 0 Å². The number of hydrogen-bond acceptors (Lipinski definition) is 2. The zero-order valence-electron chi connectivity index (χ0n) is 10.0. The predicted octanol–water partition coefficient (Wildman–Crippen LogP) is 3.15. The Balaban J connectivity index is 2.36. The number of nitrogen functional groups attached to an aromatic ring is 1. The van der Waals surface area contributed by atoms with Gasteiger partial charge in [-0.25, -0.2) is 8.78 Å². The van der Waals surface area contributed by atoms with Crippen LogP contribution < -0.4 is 11.3 Å². The number of halogens is 2. The molecule has 0 amide bonds. The number of rotatable bonds is 3. The average molecular weight is 248 g/mol. The van der Waals surface area contributed by atoms with Gasteiger partial charge in [-0.2, -0.15) is 0 Å². The van der Waals surface area contributed by atoms with E-state index in [9.17, 15) is 8.78 Å². The SMILES string of the molecule is Cc1c(Cc2ccccc2F)ccc(NN)c1F. The molecule has 0 saturated heterocycles. The Labute approximate surface area is 104 Å². The van der Waals surface area contributed by atoms with Gasteiger partial charge in [0.2, 0.25) is 0 Å². The number of benzene rings is 2. The molecule has 0 aliphatic carbocycles. The molecule has 94 valence electrons. The van der Waals surface area contributed by atoms with Crippen LogP contribution in [0.5, 0.6) is 0 Å². The molecule has 2 aromatic carbocycles. The summed E-state index contributed by atoms with van der Waals surface area (Å²) in [5, 5.41) is 0. The lowest BCUT2D eigenvalue weighted by Gasteiger charge is -2.11. The van der Waals surface area contributed by atoms with Gasteiger partial charge in [0.1, 0.15) is 5.82 Å². The van der Waals surface area contributed by atoms with Crippen LogP contribution in [0.25, 0.3) is 0 Å². The van der Waals surface area contributed by atoms with Gasteiger partial charge >= 0.3 is 0 Å². The average Bonchev–Trinajstić information content (AvgIpc) is 2.38. The zero-order valence-corrected chi connectivity index (χ0v) is 10.0. The van der Waals surface area contributed by atoms with Gasteiger partial charge in [-0.05, 0) is 35.7 Å². The summed E-state index contributed by atoms with van der Waals surface area (Å²) in [6.07, 6.45) is 0.361. The van der Waals surface area contributed by atoms with E-state index in [1.807, 2.05) is 0 Å². The highest BCUT2D eigenvalue weighted by atomic mass is 19.1. The smallest absolute Gasteiger partial charge is 0.150 e. The highest BCUT2D eigenvalue weighted by Crippen LogP contribution is 2.23. The fourth-order valence-electron chi connectivity index (χ4n) is 1.87. The van der Waals surface area contributed by atoms with Crippen LogP contribution in [-0.4, -0.2) is 0 Å². The first kappa shape index (κ1) is 12.5. The molecule has 0 aliphatic rings. The van der Waals surface area contributed by atoms with Gasteiger partial charge in [0.25, 0.3) is 0 Å².